The summed E-state index contributed by atoms with van der Waals surface area (Å²) in [6.07, 6.45) is 1.82. The second-order valence-electron chi connectivity index (χ2n) is 4.00. The molecule has 2 aromatic rings. The predicted molar refractivity (Wildman–Crippen MR) is 66.5 cm³/mol. The van der Waals surface area contributed by atoms with Crippen LogP contribution in [0.15, 0.2) is 24.4 Å². The smallest absolute Gasteiger partial charge is 0.273 e. The molecular formula is C11H14N6O. The third-order valence-electron chi connectivity index (χ3n) is 2.26. The summed E-state index contributed by atoms with van der Waals surface area (Å²) < 4.78 is 1.68. The van der Waals surface area contributed by atoms with Crippen molar-refractivity contribution in [1.82, 2.24) is 24.9 Å². The van der Waals surface area contributed by atoms with E-state index in [2.05, 4.69) is 20.6 Å². The first-order valence-corrected chi connectivity index (χ1v) is 5.38. The second kappa shape index (κ2) is 4.82. The second-order valence-corrected chi connectivity index (χ2v) is 4.00. The van der Waals surface area contributed by atoms with Gasteiger partial charge in [-0.2, -0.15) is 5.10 Å². The van der Waals surface area contributed by atoms with E-state index in [9.17, 15) is 4.79 Å². The van der Waals surface area contributed by atoms with Crippen molar-refractivity contribution in [2.45, 2.75) is 0 Å². The summed E-state index contributed by atoms with van der Waals surface area (Å²) in [4.78, 5) is 13.1. The number of hydrogen-bond acceptors (Lipinski definition) is 5. The SMILES string of the molecule is CN(C)C(=O)c1ccc(Nc2ccn(C)n2)nn1. The Hall–Kier alpha value is -2.44. The number of nitrogens with one attached hydrogen (secondary N) is 1. The molecule has 0 aliphatic carbocycles. The molecule has 2 heterocycles. The molecular weight excluding hydrogens is 232 g/mol. The van der Waals surface area contributed by atoms with Crippen LogP contribution in [-0.2, 0) is 7.05 Å². The molecule has 0 aliphatic rings. The molecule has 0 saturated carbocycles. The van der Waals surface area contributed by atoms with E-state index in [4.69, 9.17) is 0 Å². The minimum atomic E-state index is -0.174. The molecule has 0 fully saturated rings. The average Bonchev–Trinajstić information content (AvgIpc) is 2.75. The van der Waals surface area contributed by atoms with Crippen LogP contribution < -0.4 is 5.32 Å². The normalized spacial score (nSPS) is 10.2. The maximum Gasteiger partial charge on any atom is 0.273 e. The lowest BCUT2D eigenvalue weighted by Gasteiger charge is -2.08. The van der Waals surface area contributed by atoms with Crippen molar-refractivity contribution in [3.8, 4) is 0 Å². The number of aryl methyl sites for hydroxylation is 1. The van der Waals surface area contributed by atoms with Gasteiger partial charge in [0.1, 0.15) is 0 Å². The molecule has 0 spiro atoms. The molecule has 94 valence electrons. The topological polar surface area (TPSA) is 75.9 Å². The number of amides is 1. The van der Waals surface area contributed by atoms with Gasteiger partial charge in [-0.1, -0.05) is 0 Å². The lowest BCUT2D eigenvalue weighted by molar-refractivity contribution is 0.0821. The molecule has 0 saturated heterocycles. The predicted octanol–water partition coefficient (Wildman–Crippen LogP) is 0.655. The van der Waals surface area contributed by atoms with Gasteiger partial charge in [0.25, 0.3) is 5.91 Å². The fourth-order valence-corrected chi connectivity index (χ4v) is 1.36. The summed E-state index contributed by atoms with van der Waals surface area (Å²) in [5.41, 5.74) is 0.312. The van der Waals surface area contributed by atoms with Gasteiger partial charge in [-0.05, 0) is 12.1 Å². The lowest BCUT2D eigenvalue weighted by Crippen LogP contribution is -2.23. The molecule has 1 N–H and O–H groups in total. The van der Waals surface area contributed by atoms with E-state index in [-0.39, 0.29) is 5.91 Å². The minimum absolute atomic E-state index is 0.174. The molecule has 0 aromatic carbocycles. The highest BCUT2D eigenvalue weighted by atomic mass is 16.2. The molecule has 0 aliphatic heterocycles. The number of aromatic nitrogens is 4. The van der Waals surface area contributed by atoms with Gasteiger partial charge in [0.2, 0.25) is 0 Å². The number of rotatable bonds is 3. The van der Waals surface area contributed by atoms with E-state index >= 15 is 0 Å². The molecule has 2 rings (SSSR count). The van der Waals surface area contributed by atoms with Crippen molar-refractivity contribution in [3.63, 3.8) is 0 Å². The Labute approximate surface area is 104 Å². The summed E-state index contributed by atoms with van der Waals surface area (Å²) in [5, 5.41) is 14.9. The van der Waals surface area contributed by atoms with Crippen LogP contribution in [0.25, 0.3) is 0 Å². The van der Waals surface area contributed by atoms with E-state index < -0.39 is 0 Å². The van der Waals surface area contributed by atoms with Crippen molar-refractivity contribution < 1.29 is 4.79 Å². The summed E-state index contributed by atoms with van der Waals surface area (Å²) in [5.74, 6) is 1.05. The van der Waals surface area contributed by atoms with Gasteiger partial charge in [-0.15, -0.1) is 10.2 Å². The Bertz CT molecular complexity index is 545. The summed E-state index contributed by atoms with van der Waals surface area (Å²) in [6.45, 7) is 0. The van der Waals surface area contributed by atoms with Crippen LogP contribution >= 0.6 is 0 Å². The van der Waals surface area contributed by atoms with Crippen LogP contribution in [0.3, 0.4) is 0 Å². The van der Waals surface area contributed by atoms with Crippen LogP contribution in [-0.4, -0.2) is 44.9 Å². The number of nitrogens with zero attached hydrogens (tertiary/aromatic N) is 5. The molecule has 7 nitrogen and oxygen atoms in total. The zero-order chi connectivity index (χ0) is 13.1. The van der Waals surface area contributed by atoms with Crippen LogP contribution in [0.5, 0.6) is 0 Å². The van der Waals surface area contributed by atoms with Crippen LogP contribution in [0.4, 0.5) is 11.6 Å². The fourth-order valence-electron chi connectivity index (χ4n) is 1.36. The van der Waals surface area contributed by atoms with Crippen molar-refractivity contribution in [2.75, 3.05) is 19.4 Å². The van der Waals surface area contributed by atoms with Crippen molar-refractivity contribution in [2.24, 2.45) is 7.05 Å². The lowest BCUT2D eigenvalue weighted by atomic mass is 10.3. The maximum absolute atomic E-state index is 11.6. The van der Waals surface area contributed by atoms with E-state index in [0.29, 0.717) is 17.3 Å². The molecule has 0 unspecified atom stereocenters. The summed E-state index contributed by atoms with van der Waals surface area (Å²) in [6, 6.07) is 5.14. The molecule has 2 aromatic heterocycles. The molecule has 18 heavy (non-hydrogen) atoms. The van der Waals surface area contributed by atoms with E-state index in [0.717, 1.165) is 0 Å². The third-order valence-corrected chi connectivity index (χ3v) is 2.26. The largest absolute Gasteiger partial charge is 0.343 e. The van der Waals surface area contributed by atoms with Crippen molar-refractivity contribution in [1.29, 1.82) is 0 Å². The fraction of sp³-hybridized carbons (Fsp3) is 0.273. The highest BCUT2D eigenvalue weighted by molar-refractivity contribution is 5.91. The maximum atomic E-state index is 11.6. The van der Waals surface area contributed by atoms with Crippen LogP contribution in [0, 0.1) is 0 Å². The van der Waals surface area contributed by atoms with E-state index in [1.54, 1.807) is 30.9 Å². The first kappa shape index (κ1) is 12.0. The van der Waals surface area contributed by atoms with Gasteiger partial charge < -0.3 is 10.2 Å². The van der Waals surface area contributed by atoms with Crippen LogP contribution in [0.2, 0.25) is 0 Å². The third kappa shape index (κ3) is 2.62. The number of anilines is 2. The Morgan fingerprint density at radius 1 is 1.22 bits per heavy atom. The monoisotopic (exact) mass is 246 g/mol. The Morgan fingerprint density at radius 2 is 2.00 bits per heavy atom. The molecule has 0 radical (unpaired) electrons. The Morgan fingerprint density at radius 3 is 2.50 bits per heavy atom. The Kier molecular flexibility index (Phi) is 3.22. The summed E-state index contributed by atoms with van der Waals surface area (Å²) >= 11 is 0. The number of carbonyl (C=O) groups excluding carboxylic acids is 1. The first-order valence-electron chi connectivity index (χ1n) is 5.38. The van der Waals surface area contributed by atoms with Crippen molar-refractivity contribution in [3.05, 3.63) is 30.1 Å². The van der Waals surface area contributed by atoms with Gasteiger partial charge in [-0.25, -0.2) is 0 Å². The summed E-state index contributed by atoms with van der Waals surface area (Å²) in [7, 11) is 5.17. The number of hydrogen-bond donors (Lipinski definition) is 1. The Balaban J connectivity index is 2.10. The van der Waals surface area contributed by atoms with Crippen molar-refractivity contribution >= 4 is 17.5 Å². The zero-order valence-corrected chi connectivity index (χ0v) is 10.5. The quantitative estimate of drug-likeness (QED) is 0.860. The van der Waals surface area contributed by atoms with Gasteiger partial charge in [-0.3, -0.25) is 9.48 Å². The standard InChI is InChI=1S/C11H14N6O/c1-16(2)11(18)8-4-5-9(14-13-8)12-10-6-7-17(3)15-10/h4-7H,1-3H3,(H,12,14,15). The van der Waals surface area contributed by atoms with E-state index in [1.165, 1.54) is 4.90 Å². The van der Waals surface area contributed by atoms with E-state index in [1.807, 2.05) is 19.3 Å². The molecule has 0 atom stereocenters. The number of carbonyl (C=O) groups is 1. The highest BCUT2D eigenvalue weighted by Gasteiger charge is 2.10. The van der Waals surface area contributed by atoms with Gasteiger partial charge in [0.15, 0.2) is 17.3 Å². The first-order chi connectivity index (χ1) is 8.56. The minimum Gasteiger partial charge on any atom is -0.343 e. The van der Waals surface area contributed by atoms with Crippen LogP contribution in [0.1, 0.15) is 10.5 Å². The van der Waals surface area contributed by atoms with Gasteiger partial charge in [0.05, 0.1) is 0 Å². The van der Waals surface area contributed by atoms with Gasteiger partial charge in [0, 0.05) is 33.4 Å². The zero-order valence-electron chi connectivity index (χ0n) is 10.5. The van der Waals surface area contributed by atoms with Gasteiger partial charge >= 0.3 is 0 Å². The average molecular weight is 246 g/mol. The molecule has 7 heteroatoms. The highest BCUT2D eigenvalue weighted by Crippen LogP contribution is 2.10. The molecule has 1 amide bonds. The molecule has 0 bridgehead atoms.